The van der Waals surface area contributed by atoms with Crippen LogP contribution in [0.3, 0.4) is 0 Å². The van der Waals surface area contributed by atoms with Crippen LogP contribution in [0.5, 0.6) is 0 Å². The van der Waals surface area contributed by atoms with Crippen LogP contribution >= 0.6 is 0 Å². The third-order valence-corrected chi connectivity index (χ3v) is 4.45. The standard InChI is InChI=1S/C18H22N4O6.CH2O2/c19-11(8-10-4-2-1-3-5-10)17(25)27-9-12-14(23)15(24)16(28-12)22-7-6-13(20)21-18(22)26;2-1-3/h1-7,11-12,14-16,23-24H,8-9,19H2,(H2,20,21,26);1H,(H,2,3)/t11-,12-,14-,15+,16-;/m1./s1. The molecule has 0 radical (unpaired) electrons. The molecule has 1 aromatic heterocycles. The highest BCUT2D eigenvalue weighted by Crippen LogP contribution is 2.28. The molecule has 1 aromatic carbocycles. The first-order valence-corrected chi connectivity index (χ1v) is 9.18. The van der Waals surface area contributed by atoms with Gasteiger partial charge in [-0.25, -0.2) is 4.79 Å². The van der Waals surface area contributed by atoms with Gasteiger partial charge in [-0.3, -0.25) is 14.2 Å². The molecule has 7 N–H and O–H groups in total. The zero-order valence-corrected chi connectivity index (χ0v) is 16.4. The molecule has 0 saturated carbocycles. The normalized spacial score (nSPS) is 23.3. The van der Waals surface area contributed by atoms with E-state index in [1.807, 2.05) is 30.3 Å². The van der Waals surface area contributed by atoms with Gasteiger partial charge in [0.25, 0.3) is 6.47 Å². The average molecular weight is 436 g/mol. The van der Waals surface area contributed by atoms with Gasteiger partial charge in [0.1, 0.15) is 36.8 Å². The Kier molecular flexibility index (Phi) is 8.63. The number of anilines is 1. The number of nitrogen functional groups attached to an aromatic ring is 1. The number of carbonyl (C=O) groups is 2. The van der Waals surface area contributed by atoms with Crippen molar-refractivity contribution in [3.05, 3.63) is 58.6 Å². The second kappa shape index (κ2) is 11.2. The molecule has 1 saturated heterocycles. The van der Waals surface area contributed by atoms with Crippen LogP contribution in [-0.4, -0.2) is 68.3 Å². The van der Waals surface area contributed by atoms with Gasteiger partial charge in [-0.1, -0.05) is 30.3 Å². The Labute approximate surface area is 176 Å². The van der Waals surface area contributed by atoms with Crippen molar-refractivity contribution in [2.45, 2.75) is 37.0 Å². The minimum absolute atomic E-state index is 0.0205. The maximum atomic E-state index is 12.1. The summed E-state index contributed by atoms with van der Waals surface area (Å²) in [5, 5.41) is 27.2. The highest BCUT2D eigenvalue weighted by atomic mass is 16.6. The summed E-state index contributed by atoms with van der Waals surface area (Å²) in [6.07, 6.45) is -3.40. The number of nitrogens with zero attached hydrogens (tertiary/aromatic N) is 2. The van der Waals surface area contributed by atoms with E-state index in [2.05, 4.69) is 4.98 Å². The molecule has 1 aliphatic rings. The number of esters is 1. The van der Waals surface area contributed by atoms with Gasteiger partial charge in [-0.2, -0.15) is 4.98 Å². The molecule has 0 amide bonds. The third kappa shape index (κ3) is 6.33. The highest BCUT2D eigenvalue weighted by molar-refractivity contribution is 5.75. The minimum Gasteiger partial charge on any atom is -0.483 e. The Morgan fingerprint density at radius 3 is 2.52 bits per heavy atom. The van der Waals surface area contributed by atoms with Gasteiger partial charge >= 0.3 is 11.7 Å². The maximum absolute atomic E-state index is 12.1. The van der Waals surface area contributed by atoms with E-state index in [1.54, 1.807) is 0 Å². The van der Waals surface area contributed by atoms with Crippen LogP contribution < -0.4 is 17.2 Å². The number of hydrogen-bond acceptors (Lipinski definition) is 10. The van der Waals surface area contributed by atoms with E-state index < -0.39 is 42.2 Å². The molecule has 0 spiro atoms. The summed E-state index contributed by atoms with van der Waals surface area (Å²) in [7, 11) is 0. The fraction of sp³-hybridized carbons (Fsp3) is 0.368. The van der Waals surface area contributed by atoms with Crippen LogP contribution in [0.25, 0.3) is 0 Å². The lowest BCUT2D eigenvalue weighted by atomic mass is 10.1. The summed E-state index contributed by atoms with van der Waals surface area (Å²) in [4.78, 5) is 35.9. The SMILES string of the molecule is Nc1ccn([C@@H]2O[C@H](COC(=O)[C@H](N)Cc3ccccc3)[C@@H](O)[C@@H]2O)c(=O)n1.O=CO. The van der Waals surface area contributed by atoms with Gasteiger partial charge < -0.3 is 36.3 Å². The first kappa shape index (κ1) is 24.0. The largest absolute Gasteiger partial charge is 0.483 e. The molecular formula is C19H24N4O8. The molecule has 3 rings (SSSR count). The molecule has 0 aliphatic carbocycles. The molecule has 12 heteroatoms. The zero-order chi connectivity index (χ0) is 23.0. The average Bonchev–Trinajstić information content (AvgIpc) is 3.01. The van der Waals surface area contributed by atoms with Gasteiger partial charge in [-0.05, 0) is 18.1 Å². The Hall–Kier alpha value is -3.32. The van der Waals surface area contributed by atoms with Gasteiger partial charge in [0.15, 0.2) is 6.23 Å². The van der Waals surface area contributed by atoms with E-state index in [4.69, 9.17) is 30.8 Å². The summed E-state index contributed by atoms with van der Waals surface area (Å²) in [5.41, 5.74) is 11.4. The van der Waals surface area contributed by atoms with Crippen molar-refractivity contribution in [1.29, 1.82) is 0 Å². The first-order valence-electron chi connectivity index (χ1n) is 9.18. The van der Waals surface area contributed by atoms with E-state index in [0.29, 0.717) is 6.42 Å². The number of aliphatic hydroxyl groups excluding tert-OH is 2. The van der Waals surface area contributed by atoms with Crippen LogP contribution in [0.4, 0.5) is 5.82 Å². The topological polar surface area (TPSA) is 200 Å². The van der Waals surface area contributed by atoms with Crippen molar-refractivity contribution in [2.24, 2.45) is 5.73 Å². The van der Waals surface area contributed by atoms with Crippen molar-refractivity contribution in [1.82, 2.24) is 9.55 Å². The highest BCUT2D eigenvalue weighted by Gasteiger charge is 2.44. The third-order valence-electron chi connectivity index (χ3n) is 4.45. The summed E-state index contributed by atoms with van der Waals surface area (Å²) < 4.78 is 11.6. The summed E-state index contributed by atoms with van der Waals surface area (Å²) in [5.74, 6) is -0.643. The van der Waals surface area contributed by atoms with Gasteiger partial charge in [0, 0.05) is 6.20 Å². The Bertz CT molecular complexity index is 923. The van der Waals surface area contributed by atoms with Crippen LogP contribution in [-0.2, 0) is 25.5 Å². The second-order valence-corrected chi connectivity index (χ2v) is 6.62. The quantitative estimate of drug-likeness (QED) is 0.254. The Balaban J connectivity index is 0.00000107. The second-order valence-electron chi connectivity index (χ2n) is 6.62. The number of ether oxygens (including phenoxy) is 2. The molecule has 2 heterocycles. The lowest BCUT2D eigenvalue weighted by Gasteiger charge is -2.17. The number of nitrogens with two attached hydrogens (primary N) is 2. The monoisotopic (exact) mass is 436 g/mol. The van der Waals surface area contributed by atoms with Crippen LogP contribution in [0.2, 0.25) is 0 Å². The van der Waals surface area contributed by atoms with E-state index in [9.17, 15) is 19.8 Å². The van der Waals surface area contributed by atoms with E-state index in [-0.39, 0.29) is 18.9 Å². The van der Waals surface area contributed by atoms with Crippen molar-refractivity contribution in [2.75, 3.05) is 12.3 Å². The molecule has 2 aromatic rings. The molecule has 12 nitrogen and oxygen atoms in total. The summed E-state index contributed by atoms with van der Waals surface area (Å²) in [6, 6.07) is 9.70. The fourth-order valence-corrected chi connectivity index (χ4v) is 2.94. The molecule has 1 fully saturated rings. The van der Waals surface area contributed by atoms with Crippen LogP contribution in [0.15, 0.2) is 47.4 Å². The molecule has 0 unspecified atom stereocenters. The number of carbonyl (C=O) groups excluding carboxylic acids is 1. The first-order chi connectivity index (χ1) is 14.8. The van der Waals surface area contributed by atoms with Crippen molar-refractivity contribution < 1.29 is 34.4 Å². The van der Waals surface area contributed by atoms with Gasteiger partial charge in [0.2, 0.25) is 0 Å². The number of rotatable bonds is 6. The van der Waals surface area contributed by atoms with Crippen LogP contribution in [0.1, 0.15) is 11.8 Å². The molecule has 168 valence electrons. The number of aliphatic hydroxyl groups is 2. The van der Waals surface area contributed by atoms with E-state index >= 15 is 0 Å². The fourth-order valence-electron chi connectivity index (χ4n) is 2.94. The molecule has 1 aliphatic heterocycles. The predicted molar refractivity (Wildman–Crippen MR) is 107 cm³/mol. The molecule has 31 heavy (non-hydrogen) atoms. The number of hydrogen-bond donors (Lipinski definition) is 5. The van der Waals surface area contributed by atoms with E-state index in [0.717, 1.165) is 10.1 Å². The lowest BCUT2D eigenvalue weighted by Crippen LogP contribution is -2.39. The zero-order valence-electron chi connectivity index (χ0n) is 16.4. The van der Waals surface area contributed by atoms with Crippen molar-refractivity contribution in [3.8, 4) is 0 Å². The lowest BCUT2D eigenvalue weighted by molar-refractivity contribution is -0.151. The number of aromatic nitrogens is 2. The van der Waals surface area contributed by atoms with Crippen molar-refractivity contribution >= 4 is 18.3 Å². The Morgan fingerprint density at radius 2 is 1.90 bits per heavy atom. The molecule has 0 bridgehead atoms. The van der Waals surface area contributed by atoms with Gasteiger partial charge in [-0.15, -0.1) is 0 Å². The Morgan fingerprint density at radius 1 is 1.26 bits per heavy atom. The number of benzene rings is 1. The molecule has 5 atom stereocenters. The van der Waals surface area contributed by atoms with Gasteiger partial charge in [0.05, 0.1) is 0 Å². The van der Waals surface area contributed by atoms with Crippen molar-refractivity contribution in [3.63, 3.8) is 0 Å². The minimum atomic E-state index is -1.41. The number of carboxylic acid groups (broad SMARTS) is 1. The summed E-state index contributed by atoms with van der Waals surface area (Å²) >= 11 is 0. The summed E-state index contributed by atoms with van der Waals surface area (Å²) in [6.45, 7) is -0.576. The van der Waals surface area contributed by atoms with E-state index in [1.165, 1.54) is 12.3 Å². The maximum Gasteiger partial charge on any atom is 0.351 e. The predicted octanol–water partition coefficient (Wildman–Crippen LogP) is -1.74. The molecular weight excluding hydrogens is 412 g/mol. The smallest absolute Gasteiger partial charge is 0.351 e. The van der Waals surface area contributed by atoms with Crippen LogP contribution in [0, 0.1) is 0 Å².